The lowest BCUT2D eigenvalue weighted by molar-refractivity contribution is 0.246. The van der Waals surface area contributed by atoms with Crippen LogP contribution in [0.1, 0.15) is 12.5 Å². The van der Waals surface area contributed by atoms with Crippen LogP contribution in [0.4, 0.5) is 4.79 Å². The largest absolute Gasteiger partial charge is 0.418 e. The monoisotopic (exact) mass is 331 g/mol. The van der Waals surface area contributed by atoms with Gasteiger partial charge in [0.25, 0.3) is 0 Å². The Morgan fingerprint density at radius 2 is 2.06 bits per heavy atom. The molecule has 0 saturated carbocycles. The topological polar surface area (TPSA) is 79.8 Å². The minimum Gasteiger partial charge on any atom is -0.297 e. The summed E-state index contributed by atoms with van der Waals surface area (Å²) in [4.78, 5) is 11.4. The number of hydrogen-bond donors (Lipinski definition) is 2. The molecule has 96 valence electrons. The Kier molecular flexibility index (Phi) is 3.85. The molecule has 0 saturated heterocycles. The van der Waals surface area contributed by atoms with Gasteiger partial charge in [-0.1, -0.05) is 28.1 Å². The quantitative estimate of drug-likeness (QED) is 0.835. The summed E-state index contributed by atoms with van der Waals surface area (Å²) in [7, 11) is -3.49. The molecule has 0 spiro atoms. The summed E-state index contributed by atoms with van der Waals surface area (Å²) in [5.41, 5.74) is 0.660. The zero-order chi connectivity index (χ0) is 13.2. The van der Waals surface area contributed by atoms with Crippen molar-refractivity contribution in [1.29, 1.82) is 0 Å². The van der Waals surface area contributed by atoms with Crippen LogP contribution < -0.4 is 10.4 Å². The number of nitrogens with one attached hydrogen (secondary N) is 2. The van der Waals surface area contributed by atoms with Gasteiger partial charge in [0.05, 0.1) is 6.61 Å². The van der Waals surface area contributed by atoms with E-state index in [1.54, 1.807) is 31.2 Å². The van der Waals surface area contributed by atoms with Crippen LogP contribution in [-0.2, 0) is 9.09 Å². The van der Waals surface area contributed by atoms with Crippen LogP contribution in [-0.4, -0.2) is 18.5 Å². The first kappa shape index (κ1) is 13.3. The van der Waals surface area contributed by atoms with Gasteiger partial charge in [0, 0.05) is 10.0 Å². The summed E-state index contributed by atoms with van der Waals surface area (Å²) in [6, 6.07) is 6.53. The van der Waals surface area contributed by atoms with Crippen LogP contribution in [0.15, 0.2) is 33.5 Å². The maximum Gasteiger partial charge on any atom is 0.418 e. The highest BCUT2D eigenvalue weighted by molar-refractivity contribution is 9.10. The Hall–Kier alpha value is -1.17. The van der Waals surface area contributed by atoms with Crippen LogP contribution in [0.2, 0.25) is 0 Å². The summed E-state index contributed by atoms with van der Waals surface area (Å²) in [5, 5.41) is 4.69. The van der Waals surface area contributed by atoms with E-state index in [0.29, 0.717) is 5.56 Å². The number of amides is 2. The van der Waals surface area contributed by atoms with Gasteiger partial charge in [0.15, 0.2) is 0 Å². The number of halogens is 1. The van der Waals surface area contributed by atoms with Crippen LogP contribution in [0.5, 0.6) is 0 Å². The molecule has 2 N–H and O–H groups in total. The van der Waals surface area contributed by atoms with Crippen molar-refractivity contribution in [3.05, 3.63) is 34.3 Å². The Bertz CT molecular complexity index is 544. The van der Waals surface area contributed by atoms with Crippen LogP contribution >= 0.6 is 23.6 Å². The number of amidine groups is 1. The maximum atomic E-state index is 12.1. The van der Waals surface area contributed by atoms with Crippen molar-refractivity contribution >= 4 is 35.5 Å². The van der Waals surface area contributed by atoms with Crippen molar-refractivity contribution in [2.45, 2.75) is 6.92 Å². The van der Waals surface area contributed by atoms with Crippen LogP contribution in [0, 0.1) is 0 Å². The second kappa shape index (κ2) is 5.22. The van der Waals surface area contributed by atoms with Gasteiger partial charge in [0.2, 0.25) is 0 Å². The number of carbonyl (C=O) groups is 1. The van der Waals surface area contributed by atoms with E-state index in [2.05, 4.69) is 31.1 Å². The fourth-order valence-corrected chi connectivity index (χ4v) is 2.95. The van der Waals surface area contributed by atoms with Gasteiger partial charge in [-0.2, -0.15) is 4.76 Å². The number of hydrogen-bond acceptors (Lipinski definition) is 3. The molecule has 0 bridgehead atoms. The third-order valence-corrected chi connectivity index (χ3v) is 4.21. The number of rotatable bonds is 3. The zero-order valence-corrected chi connectivity index (χ0v) is 12.0. The molecule has 2 rings (SSSR count). The number of carbonyl (C=O) groups excluding carboxylic acids is 1. The predicted molar refractivity (Wildman–Crippen MR) is 71.6 cm³/mol. The molecule has 0 radical (unpaired) electrons. The maximum absolute atomic E-state index is 12.1. The molecule has 18 heavy (non-hydrogen) atoms. The fourth-order valence-electron chi connectivity index (χ4n) is 1.42. The molecule has 6 nitrogen and oxygen atoms in total. The van der Waals surface area contributed by atoms with Crippen molar-refractivity contribution in [1.82, 2.24) is 10.4 Å². The lowest BCUT2D eigenvalue weighted by atomic mass is 10.2. The lowest BCUT2D eigenvalue weighted by Gasteiger charge is -2.21. The highest BCUT2D eigenvalue weighted by atomic mass is 79.9. The van der Waals surface area contributed by atoms with Crippen molar-refractivity contribution in [2.24, 2.45) is 4.76 Å². The van der Waals surface area contributed by atoms with E-state index in [1.165, 1.54) is 0 Å². The van der Waals surface area contributed by atoms with Gasteiger partial charge < -0.3 is 0 Å². The van der Waals surface area contributed by atoms with E-state index in [4.69, 9.17) is 4.52 Å². The second-order valence-electron chi connectivity index (χ2n) is 3.46. The molecule has 8 heteroatoms. The highest BCUT2D eigenvalue weighted by Gasteiger charge is 2.31. The summed E-state index contributed by atoms with van der Waals surface area (Å²) < 4.78 is 22.0. The standard InChI is InChI=1S/C10H11BrN3O3P/c1-2-17-18(16)13-9(12-10(15)14-18)7-3-5-8(11)6-4-7/h3-6H,2H2,1H3,(H2,12,13,14,15,16)/t18-/m0/s1. The summed E-state index contributed by atoms with van der Waals surface area (Å²) >= 11 is 3.31. The molecule has 1 aromatic carbocycles. The van der Waals surface area contributed by atoms with Crippen molar-refractivity contribution < 1.29 is 13.9 Å². The minimum absolute atomic E-state index is 0.203. The molecule has 1 aliphatic heterocycles. The average molecular weight is 332 g/mol. The molecule has 0 aromatic heterocycles. The first-order chi connectivity index (χ1) is 8.52. The molecule has 0 fully saturated rings. The second-order valence-corrected chi connectivity index (χ2v) is 6.10. The minimum atomic E-state index is -3.49. The van der Waals surface area contributed by atoms with Gasteiger partial charge in [-0.15, -0.1) is 0 Å². The Labute approximate surface area is 113 Å². The predicted octanol–water partition coefficient (Wildman–Crippen LogP) is 2.65. The molecule has 1 aliphatic rings. The van der Waals surface area contributed by atoms with E-state index < -0.39 is 13.7 Å². The number of nitrogens with zero attached hydrogens (tertiary/aromatic N) is 1. The zero-order valence-electron chi connectivity index (χ0n) is 9.51. The van der Waals surface area contributed by atoms with Crippen molar-refractivity contribution in [3.8, 4) is 0 Å². The molecule has 1 atom stereocenters. The molecule has 1 heterocycles. The molecule has 0 aliphatic carbocycles. The van der Waals surface area contributed by atoms with E-state index in [0.717, 1.165) is 4.47 Å². The number of benzene rings is 1. The summed E-state index contributed by atoms with van der Waals surface area (Å²) in [5.74, 6) is 0.239. The Morgan fingerprint density at radius 1 is 1.39 bits per heavy atom. The van der Waals surface area contributed by atoms with Crippen LogP contribution in [0.25, 0.3) is 0 Å². The first-order valence-electron chi connectivity index (χ1n) is 5.22. The first-order valence-corrected chi connectivity index (χ1v) is 7.59. The number of urea groups is 1. The molecular weight excluding hydrogens is 321 g/mol. The van der Waals surface area contributed by atoms with E-state index >= 15 is 0 Å². The SMILES string of the molecule is CCO[P@@]1(=O)N=C(c2ccc(Br)cc2)NC(=O)N1. The van der Waals surface area contributed by atoms with Crippen molar-refractivity contribution in [3.63, 3.8) is 0 Å². The van der Waals surface area contributed by atoms with E-state index in [9.17, 15) is 9.36 Å². The van der Waals surface area contributed by atoms with Crippen molar-refractivity contribution in [2.75, 3.05) is 6.61 Å². The van der Waals surface area contributed by atoms with Gasteiger partial charge >= 0.3 is 13.7 Å². The van der Waals surface area contributed by atoms with Gasteiger partial charge in [-0.25, -0.2) is 14.4 Å². The fraction of sp³-hybridized carbons (Fsp3) is 0.200. The highest BCUT2D eigenvalue weighted by Crippen LogP contribution is 2.45. The van der Waals surface area contributed by atoms with Gasteiger partial charge in [0.1, 0.15) is 5.84 Å². The lowest BCUT2D eigenvalue weighted by Crippen LogP contribution is -2.42. The third kappa shape index (κ3) is 2.98. The summed E-state index contributed by atoms with van der Waals surface area (Å²) in [6.07, 6.45) is 0. The molecule has 0 unspecified atom stereocenters. The van der Waals surface area contributed by atoms with Crippen LogP contribution in [0.3, 0.4) is 0 Å². The van der Waals surface area contributed by atoms with E-state index in [1.807, 2.05) is 0 Å². The van der Waals surface area contributed by atoms with Gasteiger partial charge in [-0.3, -0.25) is 9.84 Å². The average Bonchev–Trinajstić information content (AvgIpc) is 2.28. The van der Waals surface area contributed by atoms with E-state index in [-0.39, 0.29) is 12.4 Å². The third-order valence-electron chi connectivity index (χ3n) is 2.13. The smallest absolute Gasteiger partial charge is 0.297 e. The summed E-state index contributed by atoms with van der Waals surface area (Å²) in [6.45, 7) is 1.89. The molecule has 2 amide bonds. The van der Waals surface area contributed by atoms with Gasteiger partial charge in [-0.05, 0) is 19.1 Å². The normalized spacial score (nSPS) is 23.0. The molecule has 1 aromatic rings. The molecular formula is C10H11BrN3O3P. The Balaban J connectivity index is 2.37. The Morgan fingerprint density at radius 3 is 2.67 bits per heavy atom.